The zero-order valence-corrected chi connectivity index (χ0v) is 11.8. The third kappa shape index (κ3) is 3.69. The van der Waals surface area contributed by atoms with Crippen LogP contribution in [0.3, 0.4) is 0 Å². The van der Waals surface area contributed by atoms with Gasteiger partial charge in [-0.2, -0.15) is 0 Å². The van der Waals surface area contributed by atoms with Crippen molar-refractivity contribution in [2.45, 2.75) is 70.4 Å². The third-order valence-corrected chi connectivity index (χ3v) is 4.78. The number of likely N-dealkylation sites (N-methyl/N-ethyl adjacent to an activating group) is 1. The van der Waals surface area contributed by atoms with E-state index in [1.54, 1.807) is 0 Å². The molecule has 1 aliphatic heterocycles. The highest BCUT2D eigenvalue weighted by Crippen LogP contribution is 2.29. The number of piperidine rings is 1. The van der Waals surface area contributed by atoms with Crippen LogP contribution in [0.5, 0.6) is 0 Å². The summed E-state index contributed by atoms with van der Waals surface area (Å²) in [6.45, 7) is 4.99. The van der Waals surface area contributed by atoms with Crippen molar-refractivity contribution in [1.29, 1.82) is 0 Å². The molecule has 2 heteroatoms. The van der Waals surface area contributed by atoms with Crippen molar-refractivity contribution in [3.8, 4) is 0 Å². The maximum absolute atomic E-state index is 3.52. The summed E-state index contributed by atoms with van der Waals surface area (Å²) < 4.78 is 0. The molecule has 0 aromatic carbocycles. The fourth-order valence-electron chi connectivity index (χ4n) is 3.72. The molecule has 2 aliphatic rings. The van der Waals surface area contributed by atoms with Gasteiger partial charge in [-0.1, -0.05) is 32.6 Å². The van der Waals surface area contributed by atoms with Crippen molar-refractivity contribution >= 4 is 0 Å². The number of hydrogen-bond donors (Lipinski definition) is 1. The quantitative estimate of drug-likeness (QED) is 0.792. The molecule has 2 fully saturated rings. The topological polar surface area (TPSA) is 15.3 Å². The summed E-state index contributed by atoms with van der Waals surface area (Å²) in [5.41, 5.74) is 0. The van der Waals surface area contributed by atoms with Crippen LogP contribution in [0.4, 0.5) is 0 Å². The van der Waals surface area contributed by atoms with Crippen LogP contribution in [-0.2, 0) is 0 Å². The largest absolute Gasteiger partial charge is 0.316 e. The summed E-state index contributed by atoms with van der Waals surface area (Å²) in [5.74, 6) is 0.946. The SMILES string of the molecule is CCCCC1CC(NC)CN(C2CCCC2)C1. The van der Waals surface area contributed by atoms with E-state index in [1.165, 1.54) is 64.5 Å². The molecular formula is C15H30N2. The highest BCUT2D eigenvalue weighted by Gasteiger charge is 2.31. The van der Waals surface area contributed by atoms with Crippen LogP contribution < -0.4 is 5.32 Å². The highest BCUT2D eigenvalue weighted by atomic mass is 15.2. The van der Waals surface area contributed by atoms with Gasteiger partial charge in [-0.15, -0.1) is 0 Å². The number of hydrogen-bond acceptors (Lipinski definition) is 2. The van der Waals surface area contributed by atoms with E-state index >= 15 is 0 Å². The maximum Gasteiger partial charge on any atom is 0.0195 e. The molecule has 0 aromatic rings. The smallest absolute Gasteiger partial charge is 0.0195 e. The van der Waals surface area contributed by atoms with Gasteiger partial charge < -0.3 is 5.32 Å². The van der Waals surface area contributed by atoms with Gasteiger partial charge in [-0.3, -0.25) is 4.90 Å². The second kappa shape index (κ2) is 6.75. The van der Waals surface area contributed by atoms with Crippen molar-refractivity contribution in [2.75, 3.05) is 20.1 Å². The van der Waals surface area contributed by atoms with E-state index < -0.39 is 0 Å². The first-order valence-electron chi connectivity index (χ1n) is 7.74. The molecule has 0 aromatic heterocycles. The normalized spacial score (nSPS) is 32.1. The minimum absolute atomic E-state index is 0.742. The molecule has 0 spiro atoms. The van der Waals surface area contributed by atoms with Gasteiger partial charge >= 0.3 is 0 Å². The van der Waals surface area contributed by atoms with Crippen LogP contribution in [-0.4, -0.2) is 37.1 Å². The molecule has 1 saturated carbocycles. The first-order valence-corrected chi connectivity index (χ1v) is 7.74. The van der Waals surface area contributed by atoms with Gasteiger partial charge in [0.2, 0.25) is 0 Å². The van der Waals surface area contributed by atoms with Gasteiger partial charge in [-0.25, -0.2) is 0 Å². The molecule has 1 saturated heterocycles. The average molecular weight is 238 g/mol. The number of nitrogens with one attached hydrogen (secondary N) is 1. The number of likely N-dealkylation sites (tertiary alicyclic amines) is 1. The van der Waals surface area contributed by atoms with Crippen molar-refractivity contribution in [3.05, 3.63) is 0 Å². The Morgan fingerprint density at radius 3 is 2.59 bits per heavy atom. The van der Waals surface area contributed by atoms with E-state index in [0.717, 1.165) is 18.0 Å². The van der Waals surface area contributed by atoms with Crippen LogP contribution in [0.25, 0.3) is 0 Å². The Kier molecular flexibility index (Phi) is 5.30. The molecule has 2 unspecified atom stereocenters. The van der Waals surface area contributed by atoms with Gasteiger partial charge in [0.15, 0.2) is 0 Å². The van der Waals surface area contributed by atoms with E-state index in [9.17, 15) is 0 Å². The van der Waals surface area contributed by atoms with Crippen LogP contribution in [0.2, 0.25) is 0 Å². The summed E-state index contributed by atoms with van der Waals surface area (Å²) in [7, 11) is 2.14. The first kappa shape index (κ1) is 13.4. The summed E-state index contributed by atoms with van der Waals surface area (Å²) in [6.07, 6.45) is 11.4. The van der Waals surface area contributed by atoms with Gasteiger partial charge in [0.05, 0.1) is 0 Å². The Balaban J connectivity index is 1.87. The zero-order valence-electron chi connectivity index (χ0n) is 11.8. The van der Waals surface area contributed by atoms with E-state index in [2.05, 4.69) is 24.2 Å². The van der Waals surface area contributed by atoms with Crippen molar-refractivity contribution in [1.82, 2.24) is 10.2 Å². The second-order valence-electron chi connectivity index (χ2n) is 6.12. The monoisotopic (exact) mass is 238 g/mol. The summed E-state index contributed by atoms with van der Waals surface area (Å²) in [4.78, 5) is 2.80. The summed E-state index contributed by atoms with van der Waals surface area (Å²) in [5, 5.41) is 3.52. The lowest BCUT2D eigenvalue weighted by molar-refractivity contribution is 0.0969. The standard InChI is InChI=1S/C15H30N2/c1-3-4-7-13-10-14(16-2)12-17(11-13)15-8-5-6-9-15/h13-16H,3-12H2,1-2H3. The van der Waals surface area contributed by atoms with Crippen molar-refractivity contribution in [3.63, 3.8) is 0 Å². The molecule has 0 bridgehead atoms. The number of unbranched alkanes of at least 4 members (excludes halogenated alkanes) is 1. The Labute approximate surface area is 107 Å². The van der Waals surface area contributed by atoms with Crippen LogP contribution in [0, 0.1) is 5.92 Å². The molecule has 1 aliphatic carbocycles. The van der Waals surface area contributed by atoms with Gasteiger partial charge in [0.25, 0.3) is 0 Å². The van der Waals surface area contributed by atoms with E-state index in [4.69, 9.17) is 0 Å². The van der Waals surface area contributed by atoms with Crippen molar-refractivity contribution in [2.24, 2.45) is 5.92 Å². The van der Waals surface area contributed by atoms with Crippen LogP contribution >= 0.6 is 0 Å². The van der Waals surface area contributed by atoms with Gasteiger partial charge in [0, 0.05) is 25.2 Å². The van der Waals surface area contributed by atoms with Gasteiger partial charge in [-0.05, 0) is 38.6 Å². The predicted octanol–water partition coefficient (Wildman–Crippen LogP) is 3.03. The summed E-state index contributed by atoms with van der Waals surface area (Å²) in [6, 6.07) is 1.65. The van der Waals surface area contributed by atoms with Crippen molar-refractivity contribution < 1.29 is 0 Å². The van der Waals surface area contributed by atoms with Crippen LogP contribution in [0.15, 0.2) is 0 Å². The number of rotatable bonds is 5. The predicted molar refractivity (Wildman–Crippen MR) is 74.3 cm³/mol. The Morgan fingerprint density at radius 1 is 1.18 bits per heavy atom. The molecule has 1 heterocycles. The molecular weight excluding hydrogens is 208 g/mol. The lowest BCUT2D eigenvalue weighted by atomic mass is 9.89. The Bertz CT molecular complexity index is 211. The van der Waals surface area contributed by atoms with E-state index in [0.29, 0.717) is 0 Å². The zero-order chi connectivity index (χ0) is 12.1. The average Bonchev–Trinajstić information content (AvgIpc) is 2.89. The van der Waals surface area contributed by atoms with Gasteiger partial charge in [0.1, 0.15) is 0 Å². The van der Waals surface area contributed by atoms with E-state index in [1.807, 2.05) is 0 Å². The molecule has 2 atom stereocenters. The van der Waals surface area contributed by atoms with Crippen LogP contribution in [0.1, 0.15) is 58.3 Å². The maximum atomic E-state index is 3.52. The lowest BCUT2D eigenvalue weighted by Gasteiger charge is -2.41. The second-order valence-corrected chi connectivity index (χ2v) is 6.12. The molecule has 0 amide bonds. The lowest BCUT2D eigenvalue weighted by Crippen LogP contribution is -2.51. The number of nitrogens with zero attached hydrogens (tertiary/aromatic N) is 1. The third-order valence-electron chi connectivity index (χ3n) is 4.78. The molecule has 2 nitrogen and oxygen atoms in total. The molecule has 100 valence electrons. The van der Waals surface area contributed by atoms with E-state index in [-0.39, 0.29) is 0 Å². The minimum Gasteiger partial charge on any atom is -0.316 e. The minimum atomic E-state index is 0.742. The fraction of sp³-hybridized carbons (Fsp3) is 1.00. The Hall–Kier alpha value is -0.0800. The molecule has 17 heavy (non-hydrogen) atoms. The highest BCUT2D eigenvalue weighted by molar-refractivity contribution is 4.88. The Morgan fingerprint density at radius 2 is 1.94 bits per heavy atom. The molecule has 1 N–H and O–H groups in total. The summed E-state index contributed by atoms with van der Waals surface area (Å²) >= 11 is 0. The fourth-order valence-corrected chi connectivity index (χ4v) is 3.72. The molecule has 2 rings (SSSR count). The molecule has 0 radical (unpaired) electrons. The first-order chi connectivity index (χ1) is 8.33.